The van der Waals surface area contributed by atoms with Crippen molar-refractivity contribution >= 4 is 5.91 Å². The van der Waals surface area contributed by atoms with Gasteiger partial charge in [0, 0.05) is 31.7 Å². The molecule has 0 aliphatic heterocycles. The van der Waals surface area contributed by atoms with E-state index >= 15 is 0 Å². The first-order valence-electron chi connectivity index (χ1n) is 6.61. The summed E-state index contributed by atoms with van der Waals surface area (Å²) in [7, 11) is 0. The summed E-state index contributed by atoms with van der Waals surface area (Å²) in [5.41, 5.74) is 5.88. The number of nitrogens with zero attached hydrogens (tertiary/aromatic N) is 2. The van der Waals surface area contributed by atoms with Crippen molar-refractivity contribution in [3.05, 3.63) is 33.7 Å². The Labute approximate surface area is 118 Å². The molecule has 3 N–H and O–H groups in total. The smallest absolute Gasteiger partial charge is 0.268 e. The predicted octanol–water partition coefficient (Wildman–Crippen LogP) is 0.308. The normalized spacial score (nSPS) is 10.3. The molecule has 6 heteroatoms. The summed E-state index contributed by atoms with van der Waals surface area (Å²) in [6, 6.07) is 5.17. The Morgan fingerprint density at radius 3 is 2.75 bits per heavy atom. The Morgan fingerprint density at radius 2 is 2.20 bits per heavy atom. The van der Waals surface area contributed by atoms with Crippen LogP contribution in [0, 0.1) is 11.3 Å². The lowest BCUT2D eigenvalue weighted by molar-refractivity contribution is -0.121. The summed E-state index contributed by atoms with van der Waals surface area (Å²) in [6.45, 7) is 4.99. The number of nitrogens with two attached hydrogens (primary N) is 1. The maximum Gasteiger partial charge on any atom is 0.268 e. The maximum atomic E-state index is 12.1. The third-order valence-electron chi connectivity index (χ3n) is 2.95. The molecule has 0 unspecified atom stereocenters. The molecule has 0 aliphatic rings. The molecule has 1 rings (SSSR count). The van der Waals surface area contributed by atoms with Crippen LogP contribution in [0.15, 0.2) is 16.9 Å². The van der Waals surface area contributed by atoms with Gasteiger partial charge in [0.1, 0.15) is 11.6 Å². The van der Waals surface area contributed by atoms with Gasteiger partial charge in [-0.05, 0) is 18.1 Å². The van der Waals surface area contributed by atoms with Crippen LogP contribution >= 0.6 is 0 Å². The molecule has 0 aliphatic carbocycles. The van der Waals surface area contributed by atoms with Gasteiger partial charge in [-0.2, -0.15) is 5.26 Å². The van der Waals surface area contributed by atoms with Crippen molar-refractivity contribution in [2.75, 3.05) is 13.1 Å². The van der Waals surface area contributed by atoms with E-state index in [1.165, 1.54) is 10.6 Å². The molecule has 0 saturated carbocycles. The number of carbonyl (C=O) groups is 1. The van der Waals surface area contributed by atoms with Crippen LogP contribution in [0.3, 0.4) is 0 Å². The highest BCUT2D eigenvalue weighted by Crippen LogP contribution is 2.13. The summed E-state index contributed by atoms with van der Waals surface area (Å²) in [4.78, 5) is 23.7. The van der Waals surface area contributed by atoms with Crippen molar-refractivity contribution in [2.45, 2.75) is 32.7 Å². The van der Waals surface area contributed by atoms with Crippen LogP contribution in [0.5, 0.6) is 0 Å². The fourth-order valence-corrected chi connectivity index (χ4v) is 1.93. The first-order valence-corrected chi connectivity index (χ1v) is 6.61. The maximum absolute atomic E-state index is 12.1. The van der Waals surface area contributed by atoms with Crippen LogP contribution in [0.25, 0.3) is 0 Å². The Bertz CT molecular complexity index is 570. The lowest BCUT2D eigenvalue weighted by Crippen LogP contribution is -2.32. The van der Waals surface area contributed by atoms with Gasteiger partial charge in [-0.1, -0.05) is 13.8 Å². The number of hydrogen-bond acceptors (Lipinski definition) is 4. The topological polar surface area (TPSA) is 101 Å². The summed E-state index contributed by atoms with van der Waals surface area (Å²) in [5, 5.41) is 11.6. The average molecular weight is 276 g/mol. The van der Waals surface area contributed by atoms with Crippen molar-refractivity contribution in [3.8, 4) is 6.07 Å². The fourth-order valence-electron chi connectivity index (χ4n) is 1.93. The molecule has 0 bridgehead atoms. The van der Waals surface area contributed by atoms with Crippen molar-refractivity contribution in [3.63, 3.8) is 0 Å². The minimum atomic E-state index is -0.342. The van der Waals surface area contributed by atoms with Crippen molar-refractivity contribution in [1.82, 2.24) is 9.88 Å². The number of amides is 1. The minimum absolute atomic E-state index is 0.0942. The Hall–Kier alpha value is -2.13. The molecule has 1 aromatic rings. The van der Waals surface area contributed by atoms with E-state index in [0.29, 0.717) is 13.1 Å². The Balaban J connectivity index is 2.95. The molecule has 108 valence electrons. The second-order valence-corrected chi connectivity index (χ2v) is 4.78. The van der Waals surface area contributed by atoms with Gasteiger partial charge in [0.2, 0.25) is 5.91 Å². The Morgan fingerprint density at radius 1 is 1.50 bits per heavy atom. The Kier molecular flexibility index (Phi) is 5.94. The zero-order valence-corrected chi connectivity index (χ0v) is 11.8. The molecular weight excluding hydrogens is 256 g/mol. The number of nitrogens with one attached hydrogen (secondary N) is 1. The first kappa shape index (κ1) is 15.9. The number of nitriles is 1. The van der Waals surface area contributed by atoms with Crippen molar-refractivity contribution in [2.24, 2.45) is 5.73 Å². The van der Waals surface area contributed by atoms with Crippen LogP contribution in [0.4, 0.5) is 0 Å². The van der Waals surface area contributed by atoms with Gasteiger partial charge in [0.15, 0.2) is 0 Å². The van der Waals surface area contributed by atoms with Crippen molar-refractivity contribution in [1.29, 1.82) is 5.26 Å². The third-order valence-corrected chi connectivity index (χ3v) is 2.95. The van der Waals surface area contributed by atoms with E-state index in [-0.39, 0.29) is 35.9 Å². The lowest BCUT2D eigenvalue weighted by atomic mass is 10.1. The fraction of sp³-hybridized carbons (Fsp3) is 0.500. The lowest BCUT2D eigenvalue weighted by Gasteiger charge is -2.15. The second kappa shape index (κ2) is 7.46. The van der Waals surface area contributed by atoms with E-state index in [0.717, 1.165) is 5.69 Å². The zero-order valence-electron chi connectivity index (χ0n) is 11.8. The zero-order chi connectivity index (χ0) is 15.1. The van der Waals surface area contributed by atoms with Crippen LogP contribution in [0.2, 0.25) is 0 Å². The molecule has 1 amide bonds. The molecule has 0 atom stereocenters. The molecule has 0 aromatic carbocycles. The van der Waals surface area contributed by atoms with E-state index in [1.54, 1.807) is 6.07 Å². The second-order valence-electron chi connectivity index (χ2n) is 4.78. The number of carbonyl (C=O) groups excluding carboxylic acids is 1. The average Bonchev–Trinajstić information content (AvgIpc) is 2.43. The van der Waals surface area contributed by atoms with E-state index in [1.807, 2.05) is 19.9 Å². The monoisotopic (exact) mass is 276 g/mol. The molecule has 0 fully saturated rings. The van der Waals surface area contributed by atoms with Gasteiger partial charge in [-0.25, -0.2) is 0 Å². The van der Waals surface area contributed by atoms with Gasteiger partial charge in [-0.3, -0.25) is 9.59 Å². The predicted molar refractivity (Wildman–Crippen MR) is 76.2 cm³/mol. The third kappa shape index (κ3) is 3.93. The van der Waals surface area contributed by atoms with Crippen LogP contribution in [-0.4, -0.2) is 23.6 Å². The summed E-state index contributed by atoms with van der Waals surface area (Å²) < 4.78 is 1.51. The van der Waals surface area contributed by atoms with E-state index in [9.17, 15) is 9.59 Å². The number of hydrogen-bond donors (Lipinski definition) is 2. The molecule has 0 spiro atoms. The number of aromatic nitrogens is 1. The molecule has 20 heavy (non-hydrogen) atoms. The van der Waals surface area contributed by atoms with Crippen LogP contribution in [0.1, 0.15) is 37.4 Å². The molecule has 6 nitrogen and oxygen atoms in total. The number of pyridine rings is 1. The van der Waals surface area contributed by atoms with Crippen LogP contribution in [-0.2, 0) is 11.3 Å². The van der Waals surface area contributed by atoms with E-state index < -0.39 is 0 Å². The summed E-state index contributed by atoms with van der Waals surface area (Å²) in [6.07, 6.45) is 0.189. The van der Waals surface area contributed by atoms with E-state index in [4.69, 9.17) is 11.0 Å². The minimum Gasteiger partial charge on any atom is -0.355 e. The number of rotatable bonds is 6. The summed E-state index contributed by atoms with van der Waals surface area (Å²) in [5.74, 6) is -0.0121. The summed E-state index contributed by atoms with van der Waals surface area (Å²) >= 11 is 0. The van der Waals surface area contributed by atoms with E-state index in [2.05, 4.69) is 5.32 Å². The van der Waals surface area contributed by atoms with Gasteiger partial charge in [-0.15, -0.1) is 0 Å². The quantitative estimate of drug-likeness (QED) is 0.780. The van der Waals surface area contributed by atoms with Gasteiger partial charge >= 0.3 is 0 Å². The van der Waals surface area contributed by atoms with Gasteiger partial charge < -0.3 is 15.6 Å². The highest BCUT2D eigenvalue weighted by molar-refractivity contribution is 5.75. The molecule has 0 radical (unpaired) electrons. The molecule has 1 heterocycles. The molecule has 0 saturated heterocycles. The standard InChI is InChI=1S/C14H20N4O2/c1-10(2)12-4-3-11(9-16)14(20)18(12)8-5-13(19)17-7-6-15/h3-4,10H,5-8,15H2,1-2H3,(H,17,19). The largest absolute Gasteiger partial charge is 0.355 e. The SMILES string of the molecule is CC(C)c1ccc(C#N)c(=O)n1CCC(=O)NCCN. The van der Waals surface area contributed by atoms with Gasteiger partial charge in [0.25, 0.3) is 5.56 Å². The highest BCUT2D eigenvalue weighted by atomic mass is 16.1. The first-order chi connectivity index (χ1) is 9.51. The molecular formula is C14H20N4O2. The van der Waals surface area contributed by atoms with Crippen molar-refractivity contribution < 1.29 is 4.79 Å². The highest BCUT2D eigenvalue weighted by Gasteiger charge is 2.12. The molecule has 1 aromatic heterocycles. The van der Waals surface area contributed by atoms with Crippen LogP contribution < -0.4 is 16.6 Å². The van der Waals surface area contributed by atoms with Gasteiger partial charge in [0.05, 0.1) is 0 Å².